The average molecular weight is 847 g/mol. The highest BCUT2D eigenvalue weighted by atomic mass is 32.3. The Balaban J connectivity index is -0.000000874. The van der Waals surface area contributed by atoms with Crippen LogP contribution in [-0.2, 0) is 10.4 Å². The van der Waals surface area contributed by atoms with E-state index >= 15 is 0 Å². The minimum Gasteiger partial charge on any atom is -0.759 e. The van der Waals surface area contributed by atoms with Gasteiger partial charge in [-0.2, -0.15) is 0 Å². The smallest absolute Gasteiger partial charge is 0.158 e. The lowest BCUT2D eigenvalue weighted by molar-refractivity contribution is 0.310. The molecule has 0 aliphatic heterocycles. The van der Waals surface area contributed by atoms with Crippen molar-refractivity contribution in [1.82, 2.24) is 0 Å². The molecule has 13 heteroatoms. The van der Waals surface area contributed by atoms with E-state index in [0.29, 0.717) is 0 Å². The van der Waals surface area contributed by atoms with Crippen LogP contribution in [0.1, 0.15) is 194 Å². The molecule has 55 heavy (non-hydrogen) atoms. The Labute approximate surface area is 340 Å². The summed E-state index contributed by atoms with van der Waals surface area (Å²) in [6, 6.07) is 0. The molecule has 0 aromatic heterocycles. The van der Waals surface area contributed by atoms with Crippen molar-refractivity contribution >= 4 is 24.9 Å². The third-order valence-electron chi connectivity index (χ3n) is 10.1. The van der Waals surface area contributed by atoms with E-state index < -0.39 is 24.9 Å². The Kier molecular flexibility index (Phi) is 48.6. The third kappa shape index (κ3) is 46.5. The van der Waals surface area contributed by atoms with Gasteiger partial charge in [0.25, 0.3) is 0 Å². The molecule has 0 fully saturated rings. The summed E-state index contributed by atoms with van der Waals surface area (Å²) in [4.78, 5) is 0. The molecule has 0 saturated carbocycles. The average Bonchev–Trinajstić information content (AvgIpc) is 3.17. The maximum absolute atomic E-state index is 9.33. The zero-order chi connectivity index (χ0) is 41.8. The van der Waals surface area contributed by atoms with Crippen molar-refractivity contribution in [3.8, 4) is 0 Å². The van der Waals surface area contributed by atoms with E-state index in [0.717, 1.165) is 38.0 Å². The van der Waals surface area contributed by atoms with Gasteiger partial charge in [-0.25, -0.2) is 0 Å². The van der Waals surface area contributed by atoms with E-state index in [1.165, 1.54) is 154 Å². The molecule has 0 aliphatic rings. The lowest BCUT2D eigenvalue weighted by Crippen LogP contribution is -2.11. The number of unbranched alkanes of at least 4 members (excludes halogenated alkanes) is 24. The van der Waals surface area contributed by atoms with Crippen LogP contribution in [0.3, 0.4) is 0 Å². The SMILES string of the molecule is CCCCCCCC/C=C\CCCCCCCC[P+](CO)(CO)CO.CCCCCCCC/C=C\CCCCCCCC[P+](CO)(CO)CO.O=S(=O)([O-])[O-]. The Bertz CT molecular complexity index is 831. The van der Waals surface area contributed by atoms with E-state index in [1.54, 1.807) is 0 Å². The molecular formula is C42H88O10P2S. The molecule has 0 atom stereocenters. The molecule has 0 heterocycles. The number of rotatable bonds is 38. The van der Waals surface area contributed by atoms with Crippen molar-refractivity contribution in [2.45, 2.75) is 194 Å². The van der Waals surface area contributed by atoms with Gasteiger partial charge in [-0.3, -0.25) is 8.42 Å². The maximum atomic E-state index is 9.33. The van der Waals surface area contributed by atoms with Gasteiger partial charge in [0, 0.05) is 10.4 Å². The summed E-state index contributed by atoms with van der Waals surface area (Å²) in [7, 11) is -8.91. The van der Waals surface area contributed by atoms with Gasteiger partial charge in [-0.15, -0.1) is 0 Å². The Hall–Kier alpha value is -0.0300. The van der Waals surface area contributed by atoms with Crippen LogP contribution in [0.5, 0.6) is 0 Å². The molecule has 10 nitrogen and oxygen atoms in total. The van der Waals surface area contributed by atoms with Crippen molar-refractivity contribution in [1.29, 1.82) is 0 Å². The van der Waals surface area contributed by atoms with Crippen molar-refractivity contribution in [2.24, 2.45) is 0 Å². The molecule has 0 amide bonds. The fourth-order valence-corrected chi connectivity index (χ4v) is 9.26. The number of hydrogen-bond donors (Lipinski definition) is 6. The van der Waals surface area contributed by atoms with Gasteiger partial charge < -0.3 is 39.7 Å². The quantitative estimate of drug-likeness (QED) is 0.0114. The van der Waals surface area contributed by atoms with Gasteiger partial charge >= 0.3 is 0 Å². The van der Waals surface area contributed by atoms with Crippen LogP contribution in [0, 0.1) is 0 Å². The van der Waals surface area contributed by atoms with Crippen LogP contribution >= 0.6 is 14.5 Å². The monoisotopic (exact) mass is 847 g/mol. The van der Waals surface area contributed by atoms with Crippen LogP contribution in [0.2, 0.25) is 0 Å². The fraction of sp³-hybridized carbons (Fsp3) is 0.905. The predicted molar refractivity (Wildman–Crippen MR) is 235 cm³/mol. The summed E-state index contributed by atoms with van der Waals surface area (Å²) in [6.07, 6.45) is 46.9. The Morgan fingerprint density at radius 1 is 0.364 bits per heavy atom. The highest BCUT2D eigenvalue weighted by Crippen LogP contribution is 2.57. The number of aliphatic hydroxyl groups is 6. The molecule has 332 valence electrons. The number of hydrogen-bond acceptors (Lipinski definition) is 10. The van der Waals surface area contributed by atoms with Gasteiger partial charge in [0.2, 0.25) is 0 Å². The van der Waals surface area contributed by atoms with Crippen molar-refractivity contribution in [3.05, 3.63) is 24.3 Å². The van der Waals surface area contributed by atoms with Crippen LogP contribution in [0.25, 0.3) is 0 Å². The Morgan fingerprint density at radius 2 is 0.545 bits per heavy atom. The van der Waals surface area contributed by atoms with E-state index in [1.807, 2.05) is 0 Å². The normalized spacial score (nSPS) is 12.3. The lowest BCUT2D eigenvalue weighted by atomic mass is 10.1. The minimum absolute atomic E-state index is 0.0227. The molecule has 0 radical (unpaired) electrons. The Morgan fingerprint density at radius 3 is 0.745 bits per heavy atom. The molecule has 0 aromatic rings. The van der Waals surface area contributed by atoms with Gasteiger partial charge in [-0.1, -0.05) is 141 Å². The molecule has 0 bridgehead atoms. The largest absolute Gasteiger partial charge is 0.759 e. The number of allylic oxidation sites excluding steroid dienone is 4. The second-order valence-corrected chi connectivity index (χ2v) is 24.0. The molecule has 0 saturated heterocycles. The highest BCUT2D eigenvalue weighted by Gasteiger charge is 2.35. The van der Waals surface area contributed by atoms with Gasteiger partial charge in [0.15, 0.2) is 38.1 Å². The molecule has 0 aromatic carbocycles. The standard InChI is InChI=1S/2C21H44O3P.H2O4S/c2*1-2-3-4-5-6-7-8-9-10-11-12-13-14-15-16-17-18-25(19-22,20-23)21-24;1-5(2,3)4/h2*9-10,22-24H,2-8,11-21H2,1H3;(H2,1,2,3,4)/q2*+1;/p-2/b2*10-9-;. The number of aliphatic hydroxyl groups excluding tert-OH is 6. The van der Waals surface area contributed by atoms with E-state index in [-0.39, 0.29) is 38.1 Å². The zero-order valence-electron chi connectivity index (χ0n) is 35.4. The molecule has 0 spiro atoms. The minimum atomic E-state index is -5.17. The second-order valence-electron chi connectivity index (χ2n) is 15.3. The van der Waals surface area contributed by atoms with Crippen LogP contribution in [0.4, 0.5) is 0 Å². The van der Waals surface area contributed by atoms with Crippen molar-refractivity contribution < 1.29 is 48.2 Å². The molecule has 0 aliphatic carbocycles. The summed E-state index contributed by atoms with van der Waals surface area (Å²) in [5.41, 5.74) is 0. The highest BCUT2D eigenvalue weighted by molar-refractivity contribution is 7.79. The summed E-state index contributed by atoms with van der Waals surface area (Å²) >= 11 is 0. The predicted octanol–water partition coefficient (Wildman–Crippen LogP) is 10.4. The molecular weight excluding hydrogens is 758 g/mol. The maximum Gasteiger partial charge on any atom is 0.158 e. The summed E-state index contributed by atoms with van der Waals surface area (Å²) < 4.78 is 34.1. The fourth-order valence-electron chi connectivity index (χ4n) is 6.08. The first-order chi connectivity index (χ1) is 26.5. The molecule has 0 unspecified atom stereocenters. The first kappa shape index (κ1) is 59.3. The van der Waals surface area contributed by atoms with Gasteiger partial charge in [0.05, 0.1) is 26.8 Å². The summed E-state index contributed by atoms with van der Waals surface area (Å²) in [5.74, 6) is 0. The van der Waals surface area contributed by atoms with E-state index in [4.69, 9.17) is 17.5 Å². The van der Waals surface area contributed by atoms with Crippen LogP contribution in [-0.4, -0.2) is 98.6 Å². The van der Waals surface area contributed by atoms with E-state index in [9.17, 15) is 30.6 Å². The van der Waals surface area contributed by atoms with Crippen molar-refractivity contribution in [2.75, 3.05) is 50.4 Å². The molecule has 0 rings (SSSR count). The van der Waals surface area contributed by atoms with Crippen LogP contribution < -0.4 is 0 Å². The molecule has 6 N–H and O–H groups in total. The van der Waals surface area contributed by atoms with Gasteiger partial charge in [0.1, 0.15) is 0 Å². The van der Waals surface area contributed by atoms with Gasteiger partial charge in [-0.05, 0) is 77.0 Å². The third-order valence-corrected chi connectivity index (χ3v) is 16.2. The topological polar surface area (TPSA) is 202 Å². The van der Waals surface area contributed by atoms with E-state index in [2.05, 4.69) is 38.2 Å². The second kappa shape index (κ2) is 45.1. The summed E-state index contributed by atoms with van der Waals surface area (Å²) in [5, 5.41) is 56.0. The van der Waals surface area contributed by atoms with Crippen molar-refractivity contribution in [3.63, 3.8) is 0 Å². The lowest BCUT2D eigenvalue weighted by Gasteiger charge is -2.19. The zero-order valence-corrected chi connectivity index (χ0v) is 38.0. The first-order valence-electron chi connectivity index (χ1n) is 21.8. The summed E-state index contributed by atoms with van der Waals surface area (Å²) in [6.45, 7) is 4.53. The first-order valence-corrected chi connectivity index (χ1v) is 28.2. The van der Waals surface area contributed by atoms with Crippen LogP contribution in [0.15, 0.2) is 24.3 Å².